The minimum atomic E-state index is -0.470. The number of fused-ring (bicyclic) bond motifs is 1. The molecule has 0 saturated carbocycles. The molecule has 4 aromatic rings. The molecule has 11 heteroatoms. The lowest BCUT2D eigenvalue weighted by Gasteiger charge is -2.33. The van der Waals surface area contributed by atoms with E-state index in [0.29, 0.717) is 49.6 Å². The van der Waals surface area contributed by atoms with Gasteiger partial charge in [-0.3, -0.25) is 14.6 Å². The van der Waals surface area contributed by atoms with Crippen molar-refractivity contribution < 1.29 is 28.3 Å². The summed E-state index contributed by atoms with van der Waals surface area (Å²) in [7, 11) is 1.71. The van der Waals surface area contributed by atoms with Gasteiger partial charge in [0.25, 0.3) is 0 Å². The van der Waals surface area contributed by atoms with E-state index in [9.17, 15) is 14.4 Å². The number of carbonyl (C=O) groups is 3. The molecule has 2 N–H and O–H groups in total. The van der Waals surface area contributed by atoms with Gasteiger partial charge in [0.05, 0.1) is 23.2 Å². The lowest BCUT2D eigenvalue weighted by molar-refractivity contribution is -0.132. The average molecular weight is 616 g/mol. The number of rotatable bonds is 13. The number of benzene rings is 2. The largest absolute Gasteiger partial charge is 0.462 e. The maximum atomic E-state index is 13.2. The first-order valence-electron chi connectivity index (χ1n) is 15.6. The van der Waals surface area contributed by atoms with Gasteiger partial charge in [-0.05, 0) is 69.0 Å². The van der Waals surface area contributed by atoms with Crippen LogP contribution in [0.15, 0.2) is 65.1 Å². The second-order valence-corrected chi connectivity index (χ2v) is 11.2. The molecular formula is C34H41N5O6. The number of esters is 1. The number of hydrogen-bond donors (Lipinski definition) is 1. The lowest BCUT2D eigenvalue weighted by atomic mass is 9.96. The van der Waals surface area contributed by atoms with E-state index in [-0.39, 0.29) is 30.6 Å². The van der Waals surface area contributed by atoms with E-state index in [0.717, 1.165) is 47.7 Å². The molecule has 2 aromatic carbocycles. The number of para-hydroxylation sites is 2. The molecule has 1 fully saturated rings. The molecule has 0 radical (unpaired) electrons. The van der Waals surface area contributed by atoms with Gasteiger partial charge in [-0.15, -0.1) is 0 Å². The van der Waals surface area contributed by atoms with Crippen LogP contribution in [0.2, 0.25) is 0 Å². The molecule has 45 heavy (non-hydrogen) atoms. The number of likely N-dealkylation sites (tertiary alicyclic amines) is 1. The highest BCUT2D eigenvalue weighted by molar-refractivity contribution is 5.92. The predicted molar refractivity (Wildman–Crippen MR) is 169 cm³/mol. The second-order valence-electron chi connectivity index (χ2n) is 11.2. The number of hydrazine groups is 1. The SMILES string of the molecule is CCOC(=O)c1ccc(-c2ccc(C(=O)N(N)CCCC(=O)N3CCCC(c4nc5ccccc5n4CCCOC)C3)o2)cc1. The Labute approximate surface area is 262 Å². The van der Waals surface area contributed by atoms with Crippen molar-refractivity contribution in [3.05, 3.63) is 77.8 Å². The van der Waals surface area contributed by atoms with Crippen molar-refractivity contribution in [2.75, 3.05) is 40.0 Å². The molecule has 0 spiro atoms. The van der Waals surface area contributed by atoms with E-state index in [2.05, 4.69) is 10.6 Å². The van der Waals surface area contributed by atoms with Gasteiger partial charge in [0.2, 0.25) is 5.91 Å². The van der Waals surface area contributed by atoms with Crippen LogP contribution in [0.3, 0.4) is 0 Å². The first kappa shape index (κ1) is 31.9. The van der Waals surface area contributed by atoms with E-state index in [1.807, 2.05) is 23.1 Å². The van der Waals surface area contributed by atoms with Crippen LogP contribution < -0.4 is 5.84 Å². The van der Waals surface area contributed by atoms with E-state index >= 15 is 0 Å². The van der Waals surface area contributed by atoms with Crippen molar-refractivity contribution in [3.63, 3.8) is 0 Å². The fourth-order valence-corrected chi connectivity index (χ4v) is 5.82. The molecule has 1 aliphatic heterocycles. The van der Waals surface area contributed by atoms with Crippen LogP contribution in [-0.2, 0) is 20.8 Å². The molecule has 1 atom stereocenters. The van der Waals surface area contributed by atoms with Crippen molar-refractivity contribution in [2.24, 2.45) is 5.84 Å². The van der Waals surface area contributed by atoms with Gasteiger partial charge in [-0.1, -0.05) is 24.3 Å². The highest BCUT2D eigenvalue weighted by atomic mass is 16.5. The summed E-state index contributed by atoms with van der Waals surface area (Å²) in [4.78, 5) is 44.9. The Morgan fingerprint density at radius 2 is 1.87 bits per heavy atom. The summed E-state index contributed by atoms with van der Waals surface area (Å²) in [5, 5.41) is 1.08. The number of hydrogen-bond acceptors (Lipinski definition) is 8. The summed E-state index contributed by atoms with van der Waals surface area (Å²) >= 11 is 0. The molecule has 3 heterocycles. The van der Waals surface area contributed by atoms with Crippen LogP contribution in [0, 0.1) is 0 Å². The first-order valence-corrected chi connectivity index (χ1v) is 15.6. The number of nitrogens with zero attached hydrogens (tertiary/aromatic N) is 4. The molecule has 0 bridgehead atoms. The van der Waals surface area contributed by atoms with Crippen LogP contribution in [0.1, 0.15) is 71.7 Å². The number of methoxy groups -OCH3 is 1. The van der Waals surface area contributed by atoms with Crippen LogP contribution in [-0.4, -0.2) is 77.2 Å². The van der Waals surface area contributed by atoms with Crippen molar-refractivity contribution in [1.82, 2.24) is 19.5 Å². The Kier molecular flexibility index (Phi) is 10.6. The molecule has 5 rings (SSSR count). The summed E-state index contributed by atoms with van der Waals surface area (Å²) in [5.41, 5.74) is 3.22. The number of carbonyl (C=O) groups excluding carboxylic acids is 3. The number of aryl methyl sites for hydroxylation is 1. The van der Waals surface area contributed by atoms with Crippen molar-refractivity contribution in [3.8, 4) is 11.3 Å². The van der Waals surface area contributed by atoms with Gasteiger partial charge < -0.3 is 23.4 Å². The summed E-state index contributed by atoms with van der Waals surface area (Å²) in [5.74, 6) is 7.01. The fourth-order valence-electron chi connectivity index (χ4n) is 5.82. The van der Waals surface area contributed by atoms with Crippen LogP contribution in [0.25, 0.3) is 22.4 Å². The molecule has 2 aromatic heterocycles. The monoisotopic (exact) mass is 615 g/mol. The van der Waals surface area contributed by atoms with Crippen molar-refractivity contribution in [2.45, 2.75) is 51.5 Å². The molecule has 238 valence electrons. The lowest BCUT2D eigenvalue weighted by Crippen LogP contribution is -2.41. The second kappa shape index (κ2) is 15.0. The van der Waals surface area contributed by atoms with E-state index in [4.69, 9.17) is 24.7 Å². The fraction of sp³-hybridized carbons (Fsp3) is 0.412. The topological polar surface area (TPSA) is 133 Å². The third-order valence-corrected chi connectivity index (χ3v) is 8.10. The number of amides is 2. The van der Waals surface area contributed by atoms with Gasteiger partial charge in [0.1, 0.15) is 11.6 Å². The average Bonchev–Trinajstić information content (AvgIpc) is 3.71. The van der Waals surface area contributed by atoms with E-state index < -0.39 is 11.9 Å². The van der Waals surface area contributed by atoms with E-state index in [1.54, 1.807) is 50.4 Å². The molecule has 0 aliphatic carbocycles. The van der Waals surface area contributed by atoms with Gasteiger partial charge in [-0.25, -0.2) is 15.6 Å². The summed E-state index contributed by atoms with van der Waals surface area (Å²) in [6.45, 7) is 5.08. The third kappa shape index (κ3) is 7.61. The minimum absolute atomic E-state index is 0.0501. The maximum absolute atomic E-state index is 13.2. The van der Waals surface area contributed by atoms with Gasteiger partial charge in [0.15, 0.2) is 5.76 Å². The summed E-state index contributed by atoms with van der Waals surface area (Å²) in [6, 6.07) is 18.2. The molecule has 1 unspecified atom stereocenters. The molecule has 11 nitrogen and oxygen atoms in total. The molecule has 2 amide bonds. The maximum Gasteiger partial charge on any atom is 0.338 e. The summed E-state index contributed by atoms with van der Waals surface area (Å²) in [6.07, 6.45) is 3.49. The smallest absolute Gasteiger partial charge is 0.338 e. The standard InChI is InChI=1S/C34H41N5O6/c1-3-44-34(42)25-15-13-24(14-16-25)29-17-18-30(45-29)33(41)39(35)21-7-12-31(40)37-19-6-9-26(23-37)32-36-27-10-4-5-11-28(27)38(32)20-8-22-43-2/h4-5,10-11,13-18,26H,3,6-9,12,19-23,35H2,1-2H3. The van der Waals surface area contributed by atoms with E-state index in [1.165, 1.54) is 0 Å². The number of ether oxygens (including phenoxy) is 2. The predicted octanol–water partition coefficient (Wildman–Crippen LogP) is 5.01. The van der Waals surface area contributed by atoms with Crippen molar-refractivity contribution in [1.29, 1.82) is 0 Å². The Morgan fingerprint density at radius 1 is 1.07 bits per heavy atom. The number of imidazole rings is 1. The van der Waals surface area contributed by atoms with Crippen LogP contribution in [0.5, 0.6) is 0 Å². The number of nitrogens with two attached hydrogens (primary N) is 1. The Bertz CT molecular complexity index is 1610. The van der Waals surface area contributed by atoms with Gasteiger partial charge in [-0.2, -0.15) is 0 Å². The molecular weight excluding hydrogens is 574 g/mol. The molecule has 1 aliphatic rings. The minimum Gasteiger partial charge on any atom is -0.462 e. The zero-order chi connectivity index (χ0) is 31.8. The highest BCUT2D eigenvalue weighted by Gasteiger charge is 2.28. The number of piperidine rings is 1. The van der Waals surface area contributed by atoms with Crippen LogP contribution >= 0.6 is 0 Å². The molecule has 1 saturated heterocycles. The van der Waals surface area contributed by atoms with Gasteiger partial charge >= 0.3 is 11.9 Å². The third-order valence-electron chi connectivity index (χ3n) is 8.10. The first-order chi connectivity index (χ1) is 21.9. The highest BCUT2D eigenvalue weighted by Crippen LogP contribution is 2.30. The quantitative estimate of drug-likeness (QED) is 0.0730. The van der Waals surface area contributed by atoms with Crippen LogP contribution in [0.4, 0.5) is 0 Å². The Balaban J connectivity index is 1.13. The Hall–Kier alpha value is -4.48. The number of aromatic nitrogens is 2. The van der Waals surface area contributed by atoms with Crippen molar-refractivity contribution >= 4 is 28.8 Å². The zero-order valence-electron chi connectivity index (χ0n) is 25.9. The zero-order valence-corrected chi connectivity index (χ0v) is 25.9. The summed E-state index contributed by atoms with van der Waals surface area (Å²) < 4.78 is 18.3. The van der Waals surface area contributed by atoms with Gasteiger partial charge in [0, 0.05) is 57.8 Å². The Morgan fingerprint density at radius 3 is 2.64 bits per heavy atom. The number of furan rings is 1. The normalized spacial score (nSPS) is 14.9.